The first kappa shape index (κ1) is 67.6. The number of hydrogen-bond donors (Lipinski definition) is 0. The Morgan fingerprint density at radius 2 is 0.509 bits per heavy atom. The van der Waals surface area contributed by atoms with Crippen LogP contribution in [0.2, 0.25) is 0 Å². The molecule has 0 fully saturated rings. The largest absolute Gasteiger partial charge is 0.487 e. The lowest BCUT2D eigenvalue weighted by Gasteiger charge is -2.23. The molecule has 21 aromatic carbocycles. The molecule has 24 aromatic rings. The molecule has 0 saturated carbocycles. The zero-order valence-corrected chi connectivity index (χ0v) is 65.8. The summed E-state index contributed by atoms with van der Waals surface area (Å²) in [5.41, 5.74) is 5.15. The van der Waals surface area contributed by atoms with E-state index in [1.807, 2.05) is 174 Å². The van der Waals surface area contributed by atoms with Crippen LogP contribution >= 0.6 is 0 Å². The monoisotopic (exact) mass is 1490 g/mol. The van der Waals surface area contributed by atoms with E-state index < -0.39 is 16.8 Å². The summed E-state index contributed by atoms with van der Waals surface area (Å²) >= 11 is 0. The van der Waals surface area contributed by atoms with Crippen LogP contribution in [-0.4, -0.2) is 30.5 Å². The first-order valence-corrected chi connectivity index (χ1v) is 39.1. The van der Waals surface area contributed by atoms with E-state index in [-0.39, 0.29) is 33.4 Å². The highest BCUT2D eigenvalue weighted by Crippen LogP contribution is 2.57. The summed E-state index contributed by atoms with van der Waals surface area (Å²) in [6.45, 7) is 30.4. The Hall–Kier alpha value is -13.3. The highest BCUT2D eigenvalue weighted by molar-refractivity contribution is 6.52. The molecular weight excluding hydrogens is 1410 g/mol. The summed E-state index contributed by atoms with van der Waals surface area (Å²) < 4.78 is 23.6. The molecular formula is C102H75N3O9. The van der Waals surface area contributed by atoms with Crippen LogP contribution < -0.4 is 47.6 Å². The number of ether oxygens (including phenoxy) is 3. The molecule has 0 spiro atoms. The van der Waals surface area contributed by atoms with Gasteiger partial charge in [0, 0.05) is 48.5 Å². The van der Waals surface area contributed by atoms with Crippen molar-refractivity contribution in [2.45, 2.75) is 121 Å². The highest BCUT2D eigenvalue weighted by Gasteiger charge is 2.35. The van der Waals surface area contributed by atoms with Gasteiger partial charge in [0.05, 0.1) is 49.4 Å². The fourth-order valence-corrected chi connectivity index (χ4v) is 20.2. The van der Waals surface area contributed by atoms with Crippen molar-refractivity contribution >= 4 is 194 Å². The van der Waals surface area contributed by atoms with E-state index in [9.17, 15) is 28.8 Å². The van der Waals surface area contributed by atoms with Crippen molar-refractivity contribution in [3.63, 3.8) is 0 Å². The molecule has 0 aliphatic rings. The molecule has 3 aromatic heterocycles. The highest BCUT2D eigenvalue weighted by atomic mass is 16.5. The Labute approximate surface area is 650 Å². The van der Waals surface area contributed by atoms with Crippen LogP contribution in [-0.2, 0) is 0 Å². The van der Waals surface area contributed by atoms with Crippen LogP contribution in [0, 0.1) is 41.5 Å². The first-order chi connectivity index (χ1) is 54.4. The quantitative estimate of drug-likeness (QED) is 0.149. The van der Waals surface area contributed by atoms with Gasteiger partial charge in [0.2, 0.25) is 0 Å². The van der Waals surface area contributed by atoms with Crippen LogP contribution in [0.15, 0.2) is 211 Å². The van der Waals surface area contributed by atoms with Gasteiger partial charge < -0.3 is 14.2 Å². The summed E-state index contributed by atoms with van der Waals surface area (Å²) in [4.78, 5) is 85.1. The molecule has 12 nitrogen and oxygen atoms in total. The molecule has 12 heteroatoms. The van der Waals surface area contributed by atoms with Crippen LogP contribution in [0.5, 0.6) is 17.2 Å². The van der Waals surface area contributed by atoms with Crippen molar-refractivity contribution in [1.82, 2.24) is 13.7 Å². The Kier molecular flexibility index (Phi) is 13.2. The zero-order valence-electron chi connectivity index (χ0n) is 65.8. The van der Waals surface area contributed by atoms with E-state index in [0.717, 1.165) is 164 Å². The number of rotatable bonds is 6. The number of para-hydroxylation sites is 1. The lowest BCUT2D eigenvalue weighted by Crippen LogP contribution is -2.24. The maximum atomic E-state index is 14.2. The van der Waals surface area contributed by atoms with Crippen molar-refractivity contribution in [1.29, 1.82) is 0 Å². The number of hydrogen-bond acceptors (Lipinski definition) is 9. The van der Waals surface area contributed by atoms with Crippen LogP contribution in [0.3, 0.4) is 0 Å². The predicted octanol–water partition coefficient (Wildman–Crippen LogP) is 23.0. The Balaban J connectivity index is 0.000000104. The summed E-state index contributed by atoms with van der Waals surface area (Å²) in [5, 5.41) is 34.8. The molecule has 0 unspecified atom stereocenters. The Morgan fingerprint density at radius 1 is 0.219 bits per heavy atom. The van der Waals surface area contributed by atoms with Gasteiger partial charge in [-0.05, 0) is 330 Å². The normalized spacial score (nSPS) is 13.1. The molecule has 24 rings (SSSR count). The van der Waals surface area contributed by atoms with Gasteiger partial charge in [-0.25, -0.2) is 13.7 Å². The van der Waals surface area contributed by atoms with E-state index in [1.54, 1.807) is 0 Å². The lowest BCUT2D eigenvalue weighted by molar-refractivity contribution is 0.133. The third kappa shape index (κ3) is 8.82. The van der Waals surface area contributed by atoms with E-state index in [4.69, 9.17) is 14.2 Å². The minimum absolute atomic E-state index is 0.263. The molecule has 0 aliphatic carbocycles. The lowest BCUT2D eigenvalue weighted by atomic mass is 9.93. The molecule has 3 heterocycles. The van der Waals surface area contributed by atoms with Crippen LogP contribution in [0.1, 0.15) is 95.7 Å². The van der Waals surface area contributed by atoms with Gasteiger partial charge in [-0.3, -0.25) is 28.8 Å². The van der Waals surface area contributed by atoms with Crippen molar-refractivity contribution < 1.29 is 14.2 Å². The summed E-state index contributed by atoms with van der Waals surface area (Å²) in [5.74, 6) is 2.21. The maximum Gasteiger partial charge on any atom is 0.266 e. The van der Waals surface area contributed by atoms with Crippen molar-refractivity contribution in [2.75, 3.05) is 0 Å². The molecule has 0 radical (unpaired) electrons. The first-order valence-electron chi connectivity index (χ1n) is 39.1. The molecule has 552 valence electrons. The number of nitrogens with zero attached hydrogens (tertiary/aromatic N) is 3. The van der Waals surface area contributed by atoms with E-state index in [0.29, 0.717) is 49.4 Å². The number of aryl methyl sites for hydroxylation is 6. The Bertz CT molecular complexity index is 8650. The summed E-state index contributed by atoms with van der Waals surface area (Å²) in [6.07, 6.45) is 0. The van der Waals surface area contributed by atoms with E-state index >= 15 is 0 Å². The second-order valence-corrected chi connectivity index (χ2v) is 35.2. The standard InChI is InChI=1S/3C34H25NO3/c1-16-6-10-19(11-7-16)35-32(36)30-22-14-17(2)20-12-8-18-9-13-21-24(38-34(3,4)5)15-23(31(30)33(35)37)29-27(21)25(18)26(20)28(22)29;1-16-7-6-8-19(13-16)35-32(36)30-22-14-17(2)20-11-9-18-10-12-21-24(38-34(3,4)5)15-23(31(30)33(35)37)29-27(21)25(18)26(20)28(22)29;1-16-8-6-7-9-23(16)35-32(36)30-21-14-17(2)19-12-10-18-11-13-20-24(38-34(3,4)5)15-22(31(30)33(35)37)29-27(20)25(18)26(19)28(21)29/h3*6-15H,1-5H3. The van der Waals surface area contributed by atoms with Gasteiger partial charge in [-0.2, -0.15) is 0 Å². The van der Waals surface area contributed by atoms with Gasteiger partial charge in [0.25, 0.3) is 33.4 Å². The molecule has 0 aliphatic heterocycles. The average Bonchev–Trinajstić information content (AvgIpc) is 1.52. The van der Waals surface area contributed by atoms with Gasteiger partial charge in [-0.1, -0.05) is 103 Å². The fourth-order valence-electron chi connectivity index (χ4n) is 20.2. The maximum absolute atomic E-state index is 14.2. The zero-order chi connectivity index (χ0) is 78.7. The van der Waals surface area contributed by atoms with Crippen LogP contribution in [0.25, 0.3) is 211 Å². The average molecular weight is 1490 g/mol. The summed E-state index contributed by atoms with van der Waals surface area (Å²) in [6, 6.07) is 60.9. The molecule has 0 bridgehead atoms. The molecule has 114 heavy (non-hydrogen) atoms. The number of benzene rings is 18. The van der Waals surface area contributed by atoms with Crippen LogP contribution in [0.4, 0.5) is 0 Å². The number of fused-ring (bicyclic) bond motifs is 9. The van der Waals surface area contributed by atoms with E-state index in [2.05, 4.69) is 112 Å². The minimum Gasteiger partial charge on any atom is -0.487 e. The molecule has 0 N–H and O–H groups in total. The number of aromatic nitrogens is 3. The van der Waals surface area contributed by atoms with Gasteiger partial charge in [-0.15, -0.1) is 0 Å². The molecule has 0 saturated heterocycles. The van der Waals surface area contributed by atoms with Gasteiger partial charge in [0.15, 0.2) is 0 Å². The topological polar surface area (TPSA) is 145 Å². The fraction of sp³-hybridized carbons (Fsp3) is 0.176. The smallest absolute Gasteiger partial charge is 0.266 e. The SMILES string of the molecule is Cc1ccc(-n2c(=O)c3c4cc(C)c5ccc6ccc7c(OC(C)(C)C)cc(c3c2=O)c2c7c6c5c42)cc1.Cc1cccc(-n2c(=O)c3c4cc(C)c5ccc6ccc7c(OC(C)(C)C)cc(c3c2=O)c2c7c6c5c42)c1.Cc1ccccc1-n1c(=O)c2c3cc(C)c4ccc5ccc6c(OC(C)(C)C)cc(c2c1=O)c1c6c5c4c31. The van der Waals surface area contributed by atoms with Crippen molar-refractivity contribution in [3.05, 3.63) is 277 Å². The predicted molar refractivity (Wildman–Crippen MR) is 474 cm³/mol. The molecule has 0 atom stereocenters. The third-order valence-electron chi connectivity index (χ3n) is 24.4. The van der Waals surface area contributed by atoms with Crippen molar-refractivity contribution in [2.24, 2.45) is 0 Å². The van der Waals surface area contributed by atoms with E-state index in [1.165, 1.54) is 62.2 Å². The van der Waals surface area contributed by atoms with Crippen molar-refractivity contribution in [3.8, 4) is 34.3 Å². The van der Waals surface area contributed by atoms with Gasteiger partial charge in [0.1, 0.15) is 34.1 Å². The Morgan fingerprint density at radius 3 is 0.833 bits per heavy atom. The van der Waals surface area contributed by atoms with Gasteiger partial charge >= 0.3 is 0 Å². The third-order valence-corrected chi connectivity index (χ3v) is 24.4. The molecule has 0 amide bonds. The minimum atomic E-state index is -0.431. The second-order valence-electron chi connectivity index (χ2n) is 35.2. The summed E-state index contributed by atoms with van der Waals surface area (Å²) in [7, 11) is 0. The second kappa shape index (κ2) is 22.3.